The maximum Gasteiger partial charge on any atom is 0.336 e. The number of benzene rings is 1. The first-order valence-corrected chi connectivity index (χ1v) is 9.36. The largest absolute Gasteiger partial charge is 0.494 e. The van der Waals surface area contributed by atoms with Crippen LogP contribution in [-0.2, 0) is 14.3 Å². The van der Waals surface area contributed by atoms with E-state index in [1.807, 2.05) is 37.4 Å². The maximum absolute atomic E-state index is 12.6. The Morgan fingerprint density at radius 1 is 1.38 bits per heavy atom. The lowest BCUT2D eigenvalue weighted by Gasteiger charge is -2.27. The molecule has 1 aliphatic heterocycles. The van der Waals surface area contributed by atoms with Crippen LogP contribution in [0.4, 0.5) is 0 Å². The second-order valence-corrected chi connectivity index (χ2v) is 6.43. The van der Waals surface area contributed by atoms with Gasteiger partial charge in [-0.15, -0.1) is 0 Å². The SMILES string of the molecule is CCOc1ccccc1[C@H]1CC(=O)NC(C)=C1C(=O)OCCSC. The van der Waals surface area contributed by atoms with Crippen molar-refractivity contribution in [3.8, 4) is 5.75 Å². The molecule has 0 saturated carbocycles. The van der Waals surface area contributed by atoms with Crippen molar-refractivity contribution in [1.82, 2.24) is 5.32 Å². The normalized spacial score (nSPS) is 17.5. The molecule has 5 nitrogen and oxygen atoms in total. The molecule has 24 heavy (non-hydrogen) atoms. The molecule has 0 fully saturated rings. The lowest BCUT2D eigenvalue weighted by Crippen LogP contribution is -2.34. The molecule has 130 valence electrons. The van der Waals surface area contributed by atoms with E-state index in [1.165, 1.54) is 0 Å². The van der Waals surface area contributed by atoms with Crippen LogP contribution >= 0.6 is 11.8 Å². The summed E-state index contributed by atoms with van der Waals surface area (Å²) in [7, 11) is 0. The number of hydrogen-bond acceptors (Lipinski definition) is 5. The van der Waals surface area contributed by atoms with Gasteiger partial charge in [0.1, 0.15) is 12.4 Å². The van der Waals surface area contributed by atoms with Crippen LogP contribution in [0, 0.1) is 0 Å². The van der Waals surface area contributed by atoms with Gasteiger partial charge in [-0.25, -0.2) is 4.79 Å². The van der Waals surface area contributed by atoms with Crippen LogP contribution in [0.3, 0.4) is 0 Å². The van der Waals surface area contributed by atoms with Gasteiger partial charge in [-0.05, 0) is 26.2 Å². The molecule has 1 atom stereocenters. The molecule has 0 aliphatic carbocycles. The van der Waals surface area contributed by atoms with Crippen LogP contribution in [0.5, 0.6) is 5.75 Å². The first-order valence-electron chi connectivity index (χ1n) is 7.96. The highest BCUT2D eigenvalue weighted by molar-refractivity contribution is 7.98. The molecular formula is C18H23NO4S. The van der Waals surface area contributed by atoms with Gasteiger partial charge in [0.2, 0.25) is 5.91 Å². The molecule has 0 spiro atoms. The summed E-state index contributed by atoms with van der Waals surface area (Å²) in [6.07, 6.45) is 2.16. The van der Waals surface area contributed by atoms with Crippen molar-refractivity contribution in [2.45, 2.75) is 26.2 Å². The van der Waals surface area contributed by atoms with Crippen LogP contribution in [0.1, 0.15) is 31.7 Å². The molecule has 6 heteroatoms. The fourth-order valence-electron chi connectivity index (χ4n) is 2.79. The third kappa shape index (κ3) is 4.32. The number of hydrogen-bond donors (Lipinski definition) is 1. The Morgan fingerprint density at radius 3 is 2.83 bits per heavy atom. The van der Waals surface area contributed by atoms with Crippen molar-refractivity contribution in [2.75, 3.05) is 25.2 Å². The summed E-state index contributed by atoms with van der Waals surface area (Å²) in [5.74, 6) is 0.595. The van der Waals surface area contributed by atoms with Crippen molar-refractivity contribution in [3.05, 3.63) is 41.1 Å². The highest BCUT2D eigenvalue weighted by atomic mass is 32.2. The predicted molar refractivity (Wildman–Crippen MR) is 95.2 cm³/mol. The quantitative estimate of drug-likeness (QED) is 0.606. The van der Waals surface area contributed by atoms with E-state index >= 15 is 0 Å². The fraction of sp³-hybridized carbons (Fsp3) is 0.444. The summed E-state index contributed by atoms with van der Waals surface area (Å²) in [6, 6.07) is 7.52. The minimum absolute atomic E-state index is 0.107. The van der Waals surface area contributed by atoms with Crippen LogP contribution in [0.25, 0.3) is 0 Å². The average molecular weight is 349 g/mol. The molecule has 2 rings (SSSR count). The van der Waals surface area contributed by atoms with Gasteiger partial charge in [0.25, 0.3) is 0 Å². The fourth-order valence-corrected chi connectivity index (χ4v) is 3.04. The Kier molecular flexibility index (Phi) is 6.73. The van der Waals surface area contributed by atoms with Crippen molar-refractivity contribution < 1.29 is 19.1 Å². The third-order valence-electron chi connectivity index (χ3n) is 3.80. The molecule has 1 aliphatic rings. The zero-order valence-electron chi connectivity index (χ0n) is 14.3. The summed E-state index contributed by atoms with van der Waals surface area (Å²) < 4.78 is 11.0. The molecule has 1 aromatic carbocycles. The van der Waals surface area contributed by atoms with Crippen LogP contribution in [0.15, 0.2) is 35.5 Å². The lowest BCUT2D eigenvalue weighted by atomic mass is 9.84. The standard InChI is InChI=1S/C18H23NO4S/c1-4-22-15-8-6-5-7-13(15)14-11-16(20)19-12(2)17(14)18(21)23-9-10-24-3/h5-8,14H,4,9-11H2,1-3H3,(H,19,20)/t14-/m1/s1. The molecule has 0 radical (unpaired) electrons. The molecule has 1 N–H and O–H groups in total. The van der Waals surface area contributed by atoms with Gasteiger partial charge in [0, 0.05) is 29.4 Å². The molecule has 1 heterocycles. The van der Waals surface area contributed by atoms with Gasteiger partial charge in [-0.2, -0.15) is 11.8 Å². The number of esters is 1. The third-order valence-corrected chi connectivity index (χ3v) is 4.38. The van der Waals surface area contributed by atoms with Crippen molar-refractivity contribution in [1.29, 1.82) is 0 Å². The molecule has 0 bridgehead atoms. The van der Waals surface area contributed by atoms with E-state index in [9.17, 15) is 9.59 Å². The summed E-state index contributed by atoms with van der Waals surface area (Å²) in [5.41, 5.74) is 1.89. The predicted octanol–water partition coefficient (Wildman–Crippen LogP) is 2.87. The van der Waals surface area contributed by atoms with Gasteiger partial charge < -0.3 is 14.8 Å². The molecule has 1 amide bonds. The van der Waals surface area contributed by atoms with Crippen LogP contribution < -0.4 is 10.1 Å². The Balaban J connectivity index is 2.36. The summed E-state index contributed by atoms with van der Waals surface area (Å²) in [5, 5.41) is 2.75. The highest BCUT2D eigenvalue weighted by Crippen LogP contribution is 2.38. The smallest absolute Gasteiger partial charge is 0.336 e. The summed E-state index contributed by atoms with van der Waals surface area (Å²) >= 11 is 1.61. The second-order valence-electron chi connectivity index (χ2n) is 5.44. The van der Waals surface area contributed by atoms with Crippen LogP contribution in [-0.4, -0.2) is 37.1 Å². The number of carbonyl (C=O) groups is 2. The van der Waals surface area contributed by atoms with Crippen molar-refractivity contribution >= 4 is 23.6 Å². The molecular weight excluding hydrogens is 326 g/mol. The number of allylic oxidation sites excluding steroid dienone is 1. The number of carbonyl (C=O) groups excluding carboxylic acids is 2. The number of para-hydroxylation sites is 1. The Morgan fingerprint density at radius 2 is 2.12 bits per heavy atom. The van der Waals surface area contributed by atoms with Crippen LogP contribution in [0.2, 0.25) is 0 Å². The monoisotopic (exact) mass is 349 g/mol. The summed E-state index contributed by atoms with van der Waals surface area (Å²) in [4.78, 5) is 24.6. The Bertz CT molecular complexity index is 642. The van der Waals surface area contributed by atoms with E-state index in [1.54, 1.807) is 18.7 Å². The maximum atomic E-state index is 12.6. The van der Waals surface area contributed by atoms with Crippen molar-refractivity contribution in [3.63, 3.8) is 0 Å². The number of amides is 1. The molecule has 1 aromatic rings. The number of nitrogens with one attached hydrogen (secondary N) is 1. The number of ether oxygens (including phenoxy) is 2. The molecule has 0 aromatic heterocycles. The van der Waals surface area contributed by atoms with E-state index in [2.05, 4.69) is 5.32 Å². The topological polar surface area (TPSA) is 64.6 Å². The number of thioether (sulfide) groups is 1. The van der Waals surface area contributed by atoms with E-state index in [0.717, 1.165) is 11.3 Å². The van der Waals surface area contributed by atoms with E-state index < -0.39 is 0 Å². The van der Waals surface area contributed by atoms with E-state index in [0.29, 0.717) is 30.2 Å². The molecule has 0 saturated heterocycles. The van der Waals surface area contributed by atoms with Gasteiger partial charge in [-0.1, -0.05) is 18.2 Å². The lowest BCUT2D eigenvalue weighted by molar-refractivity contribution is -0.139. The Labute approximate surface area is 146 Å². The summed E-state index contributed by atoms with van der Waals surface area (Å²) in [6.45, 7) is 4.51. The second kappa shape index (κ2) is 8.78. The highest BCUT2D eigenvalue weighted by Gasteiger charge is 2.34. The van der Waals surface area contributed by atoms with Crippen molar-refractivity contribution in [2.24, 2.45) is 0 Å². The van der Waals surface area contributed by atoms with Gasteiger partial charge in [-0.3, -0.25) is 4.79 Å². The zero-order chi connectivity index (χ0) is 17.5. The average Bonchev–Trinajstić information content (AvgIpc) is 2.55. The minimum atomic E-state index is -0.377. The van der Waals surface area contributed by atoms with Gasteiger partial charge in [0.05, 0.1) is 12.2 Å². The number of rotatable bonds is 7. The van der Waals surface area contributed by atoms with Gasteiger partial charge in [0.15, 0.2) is 0 Å². The first kappa shape index (κ1) is 18.4. The van der Waals surface area contributed by atoms with E-state index in [4.69, 9.17) is 9.47 Å². The van der Waals surface area contributed by atoms with E-state index in [-0.39, 0.29) is 24.2 Å². The molecule has 0 unspecified atom stereocenters. The minimum Gasteiger partial charge on any atom is -0.494 e. The van der Waals surface area contributed by atoms with Gasteiger partial charge >= 0.3 is 5.97 Å². The first-order chi connectivity index (χ1) is 11.6. The Hall–Kier alpha value is -1.95. The zero-order valence-corrected chi connectivity index (χ0v) is 15.1.